The molecule has 1 heterocycles. The van der Waals surface area contributed by atoms with E-state index in [2.05, 4.69) is 10.6 Å². The second-order valence-corrected chi connectivity index (χ2v) is 8.15. The smallest absolute Gasteiger partial charge is 0.326 e. The largest absolute Gasteiger partial charge is 0.481 e. The molecule has 1 aliphatic heterocycles. The Kier molecular flexibility index (Phi) is 10.0. The number of hydrogen-bond donors (Lipinski definition) is 6. The number of nitrogens with one attached hydrogen (secondary N) is 2. The Balaban J connectivity index is 3.01. The van der Waals surface area contributed by atoms with Gasteiger partial charge in [-0.05, 0) is 25.2 Å². The number of likely N-dealkylation sites (tertiary alicyclic amines) is 1. The van der Waals surface area contributed by atoms with Gasteiger partial charge in [0.1, 0.15) is 18.1 Å². The summed E-state index contributed by atoms with van der Waals surface area (Å²) in [7, 11) is 0. The molecule has 0 radical (unpaired) electrons. The maximum atomic E-state index is 13.0. The predicted octanol–water partition coefficient (Wildman–Crippen LogP) is -2.24. The van der Waals surface area contributed by atoms with Gasteiger partial charge in [-0.3, -0.25) is 24.0 Å². The van der Waals surface area contributed by atoms with E-state index < -0.39 is 72.6 Å². The molecule has 1 fully saturated rings. The van der Waals surface area contributed by atoms with Crippen LogP contribution in [-0.2, 0) is 28.8 Å². The summed E-state index contributed by atoms with van der Waals surface area (Å²) in [4.78, 5) is 72.7. The van der Waals surface area contributed by atoms with Crippen LogP contribution in [0.3, 0.4) is 0 Å². The number of nitrogens with zero attached hydrogens (tertiary/aromatic N) is 1. The fourth-order valence-corrected chi connectivity index (χ4v) is 3.42. The van der Waals surface area contributed by atoms with Gasteiger partial charge in [0.25, 0.3) is 0 Å². The van der Waals surface area contributed by atoms with Crippen LogP contribution in [0.5, 0.6) is 0 Å². The maximum absolute atomic E-state index is 13.0. The zero-order valence-corrected chi connectivity index (χ0v) is 18.1. The fourth-order valence-electron chi connectivity index (χ4n) is 3.42. The quantitative estimate of drug-likeness (QED) is 0.186. The second-order valence-electron chi connectivity index (χ2n) is 8.15. The van der Waals surface area contributed by atoms with Gasteiger partial charge in [-0.1, -0.05) is 13.8 Å². The van der Waals surface area contributed by atoms with Crippen LogP contribution in [0, 0.1) is 5.92 Å². The topological polar surface area (TPSA) is 222 Å². The molecule has 4 amide bonds. The van der Waals surface area contributed by atoms with E-state index in [4.69, 9.17) is 16.6 Å². The van der Waals surface area contributed by atoms with Crippen molar-refractivity contribution in [2.75, 3.05) is 6.54 Å². The number of nitrogens with two attached hydrogens (primary N) is 2. The Hall–Kier alpha value is -3.22. The first-order valence-corrected chi connectivity index (χ1v) is 10.2. The average Bonchev–Trinajstić information content (AvgIpc) is 3.15. The number of carboxylic acids is 2. The summed E-state index contributed by atoms with van der Waals surface area (Å²) in [6.07, 6.45) is -0.320. The zero-order valence-electron chi connectivity index (χ0n) is 18.1. The monoisotopic (exact) mass is 457 g/mol. The molecule has 32 heavy (non-hydrogen) atoms. The molecule has 0 aromatic carbocycles. The molecule has 0 aromatic rings. The van der Waals surface area contributed by atoms with Gasteiger partial charge in [-0.15, -0.1) is 0 Å². The van der Waals surface area contributed by atoms with Gasteiger partial charge >= 0.3 is 11.9 Å². The highest BCUT2D eigenvalue weighted by molar-refractivity contribution is 5.96. The summed E-state index contributed by atoms with van der Waals surface area (Å²) < 4.78 is 0. The van der Waals surface area contributed by atoms with Crippen molar-refractivity contribution in [1.82, 2.24) is 15.5 Å². The van der Waals surface area contributed by atoms with Crippen molar-refractivity contribution in [2.45, 2.75) is 70.1 Å². The molecular formula is C19H31N5O8. The average molecular weight is 457 g/mol. The lowest BCUT2D eigenvalue weighted by Gasteiger charge is -2.29. The summed E-state index contributed by atoms with van der Waals surface area (Å²) >= 11 is 0. The summed E-state index contributed by atoms with van der Waals surface area (Å²) in [6, 6.07) is -5.05. The lowest BCUT2D eigenvalue weighted by molar-refractivity contribution is -0.149. The van der Waals surface area contributed by atoms with Gasteiger partial charge in [0.2, 0.25) is 23.6 Å². The molecule has 4 unspecified atom stereocenters. The highest BCUT2D eigenvalue weighted by atomic mass is 16.4. The highest BCUT2D eigenvalue weighted by Crippen LogP contribution is 2.20. The Bertz CT molecular complexity index is 756. The molecule has 0 aromatic heterocycles. The third kappa shape index (κ3) is 8.13. The number of amides is 4. The summed E-state index contributed by atoms with van der Waals surface area (Å²) in [5, 5.41) is 22.8. The number of rotatable bonds is 12. The minimum atomic E-state index is -1.49. The van der Waals surface area contributed by atoms with Crippen molar-refractivity contribution >= 4 is 35.6 Å². The van der Waals surface area contributed by atoms with Crippen molar-refractivity contribution in [1.29, 1.82) is 0 Å². The molecule has 0 spiro atoms. The number of aliphatic carboxylic acids is 2. The predicted molar refractivity (Wildman–Crippen MR) is 110 cm³/mol. The molecule has 4 atom stereocenters. The van der Waals surface area contributed by atoms with Crippen LogP contribution in [0.1, 0.15) is 46.0 Å². The molecule has 0 saturated carbocycles. The van der Waals surface area contributed by atoms with E-state index in [0.717, 1.165) is 0 Å². The molecule has 13 nitrogen and oxygen atoms in total. The number of carboxylic acid groups (broad SMARTS) is 2. The normalized spacial score (nSPS) is 18.5. The van der Waals surface area contributed by atoms with Crippen LogP contribution in [0.15, 0.2) is 0 Å². The molecule has 1 saturated heterocycles. The Labute approximate surface area is 184 Å². The summed E-state index contributed by atoms with van der Waals surface area (Å²) in [5.41, 5.74) is 10.6. The third-order valence-corrected chi connectivity index (χ3v) is 4.91. The van der Waals surface area contributed by atoms with E-state index in [9.17, 15) is 33.9 Å². The van der Waals surface area contributed by atoms with E-state index >= 15 is 0 Å². The van der Waals surface area contributed by atoms with Crippen LogP contribution in [0.4, 0.5) is 0 Å². The standard InChI is InChI=1S/C19H31N5O8/c1-9(2)6-12(18(30)24-5-3-4-13(24)19(31)32)23-17(29)11(8-14(21)25)22-16(28)10(20)7-15(26)27/h9-13H,3-8,20H2,1-2H3,(H2,21,25)(H,22,28)(H,23,29)(H,26,27)(H,31,32). The molecule has 0 aliphatic carbocycles. The van der Waals surface area contributed by atoms with Crippen LogP contribution < -0.4 is 22.1 Å². The zero-order chi connectivity index (χ0) is 24.6. The molecular weight excluding hydrogens is 426 g/mol. The molecule has 0 bridgehead atoms. The number of carbonyl (C=O) groups is 6. The molecule has 180 valence electrons. The van der Waals surface area contributed by atoms with E-state index in [0.29, 0.717) is 12.8 Å². The molecule has 8 N–H and O–H groups in total. The lowest BCUT2D eigenvalue weighted by Crippen LogP contribution is -2.58. The van der Waals surface area contributed by atoms with Crippen LogP contribution in [-0.4, -0.2) is 81.4 Å². The Morgan fingerprint density at radius 3 is 2.09 bits per heavy atom. The van der Waals surface area contributed by atoms with Gasteiger partial charge < -0.3 is 37.2 Å². The Morgan fingerprint density at radius 1 is 1.00 bits per heavy atom. The van der Waals surface area contributed by atoms with Crippen LogP contribution in [0.25, 0.3) is 0 Å². The number of hydrogen-bond acceptors (Lipinski definition) is 7. The lowest BCUT2D eigenvalue weighted by atomic mass is 10.0. The van der Waals surface area contributed by atoms with Crippen LogP contribution >= 0.6 is 0 Å². The Morgan fingerprint density at radius 2 is 1.59 bits per heavy atom. The second kappa shape index (κ2) is 12.0. The van der Waals surface area contributed by atoms with Crippen molar-refractivity contribution in [2.24, 2.45) is 17.4 Å². The highest BCUT2D eigenvalue weighted by Gasteiger charge is 2.38. The van der Waals surface area contributed by atoms with E-state index in [1.54, 1.807) is 13.8 Å². The maximum Gasteiger partial charge on any atom is 0.326 e. The van der Waals surface area contributed by atoms with Crippen molar-refractivity contribution < 1.29 is 39.0 Å². The van der Waals surface area contributed by atoms with Gasteiger partial charge in [0, 0.05) is 6.54 Å². The molecule has 13 heteroatoms. The summed E-state index contributed by atoms with van der Waals surface area (Å²) in [5.74, 6) is -5.90. The van der Waals surface area contributed by atoms with E-state index in [1.807, 2.05) is 0 Å². The van der Waals surface area contributed by atoms with Crippen LogP contribution in [0.2, 0.25) is 0 Å². The van der Waals surface area contributed by atoms with Crippen molar-refractivity contribution in [3.05, 3.63) is 0 Å². The number of primary amides is 1. The van der Waals surface area contributed by atoms with Gasteiger partial charge in [-0.2, -0.15) is 0 Å². The number of carbonyl (C=O) groups excluding carboxylic acids is 4. The first kappa shape index (κ1) is 26.8. The van der Waals surface area contributed by atoms with Gasteiger partial charge in [0.15, 0.2) is 0 Å². The van der Waals surface area contributed by atoms with E-state index in [-0.39, 0.29) is 18.9 Å². The third-order valence-electron chi connectivity index (χ3n) is 4.91. The molecule has 1 aliphatic rings. The first-order chi connectivity index (χ1) is 14.8. The summed E-state index contributed by atoms with van der Waals surface area (Å²) in [6.45, 7) is 3.84. The minimum Gasteiger partial charge on any atom is -0.481 e. The van der Waals surface area contributed by atoms with Crippen molar-refractivity contribution in [3.8, 4) is 0 Å². The van der Waals surface area contributed by atoms with Gasteiger partial charge in [-0.25, -0.2) is 4.79 Å². The SMILES string of the molecule is CC(C)CC(NC(=O)C(CC(N)=O)NC(=O)C(N)CC(=O)O)C(=O)N1CCCC1C(=O)O. The first-order valence-electron chi connectivity index (χ1n) is 10.2. The van der Waals surface area contributed by atoms with E-state index in [1.165, 1.54) is 4.90 Å². The van der Waals surface area contributed by atoms with Gasteiger partial charge in [0.05, 0.1) is 18.9 Å². The van der Waals surface area contributed by atoms with Crippen molar-refractivity contribution in [3.63, 3.8) is 0 Å². The minimum absolute atomic E-state index is 0.0525. The fraction of sp³-hybridized carbons (Fsp3) is 0.684. The molecule has 1 rings (SSSR count).